The molecule has 0 saturated carbocycles. The lowest BCUT2D eigenvalue weighted by Gasteiger charge is -2.19. The van der Waals surface area contributed by atoms with Crippen LogP contribution >= 0.6 is 0 Å². The number of hydrogen-bond acceptors (Lipinski definition) is 3. The van der Waals surface area contributed by atoms with Gasteiger partial charge >= 0.3 is 0 Å². The second-order valence-corrected chi connectivity index (χ2v) is 17.5. The molecule has 356 valence electrons. The molecule has 3 N–H and O–H groups in total. The highest BCUT2D eigenvalue weighted by molar-refractivity contribution is 5.76. The van der Waals surface area contributed by atoms with Crippen LogP contribution in [-0.4, -0.2) is 34.9 Å². The maximum Gasteiger partial charge on any atom is 0.220 e. The summed E-state index contributed by atoms with van der Waals surface area (Å²) in [7, 11) is 0. The van der Waals surface area contributed by atoms with E-state index in [1.807, 2.05) is 6.08 Å². The molecule has 0 aromatic heterocycles. The smallest absolute Gasteiger partial charge is 0.220 e. The van der Waals surface area contributed by atoms with Crippen LogP contribution in [0.2, 0.25) is 0 Å². The van der Waals surface area contributed by atoms with Crippen molar-refractivity contribution in [2.24, 2.45) is 0 Å². The van der Waals surface area contributed by atoms with E-state index in [0.717, 1.165) is 70.6 Å². The molecule has 0 radical (unpaired) electrons. The van der Waals surface area contributed by atoms with E-state index in [-0.39, 0.29) is 12.5 Å². The van der Waals surface area contributed by atoms with Gasteiger partial charge in [-0.2, -0.15) is 0 Å². The largest absolute Gasteiger partial charge is 0.394 e. The monoisotopic (exact) mass is 860 g/mol. The first-order valence-electron chi connectivity index (χ1n) is 26.5. The molecule has 0 bridgehead atoms. The van der Waals surface area contributed by atoms with Crippen LogP contribution in [-0.2, 0) is 4.79 Å². The number of aliphatic hydroxyl groups excluding tert-OH is 2. The van der Waals surface area contributed by atoms with Crippen molar-refractivity contribution in [2.75, 3.05) is 6.61 Å². The van der Waals surface area contributed by atoms with E-state index in [1.54, 1.807) is 6.08 Å². The van der Waals surface area contributed by atoms with Crippen molar-refractivity contribution in [3.05, 3.63) is 97.2 Å². The molecule has 2 unspecified atom stereocenters. The van der Waals surface area contributed by atoms with Crippen molar-refractivity contribution >= 4 is 5.91 Å². The Balaban J connectivity index is 3.62. The highest BCUT2D eigenvalue weighted by Gasteiger charge is 2.17. The highest BCUT2D eigenvalue weighted by Crippen LogP contribution is 2.16. The van der Waals surface area contributed by atoms with Crippen LogP contribution in [0, 0.1) is 0 Å². The molecule has 4 heteroatoms. The maximum atomic E-state index is 12.4. The van der Waals surface area contributed by atoms with Crippen LogP contribution in [0.15, 0.2) is 97.2 Å². The minimum absolute atomic E-state index is 0.137. The summed E-state index contributed by atoms with van der Waals surface area (Å²) in [6.45, 7) is 4.16. The molecule has 0 aliphatic heterocycles. The zero-order valence-electron chi connectivity index (χ0n) is 40.9. The molecular formula is C58H101NO3. The second-order valence-electron chi connectivity index (χ2n) is 17.5. The number of allylic oxidation sites excluding steroid dienone is 15. The molecule has 0 aliphatic rings. The lowest BCUT2D eigenvalue weighted by molar-refractivity contribution is -0.122. The van der Waals surface area contributed by atoms with Crippen molar-refractivity contribution < 1.29 is 15.0 Å². The van der Waals surface area contributed by atoms with Gasteiger partial charge in [0, 0.05) is 6.42 Å². The van der Waals surface area contributed by atoms with Crippen LogP contribution in [0.3, 0.4) is 0 Å². The van der Waals surface area contributed by atoms with Crippen molar-refractivity contribution in [2.45, 2.75) is 257 Å². The number of aliphatic hydroxyl groups is 2. The zero-order chi connectivity index (χ0) is 44.9. The van der Waals surface area contributed by atoms with Gasteiger partial charge in [0.1, 0.15) is 0 Å². The summed E-state index contributed by atoms with van der Waals surface area (Å²) in [6.07, 6.45) is 78.6. The predicted octanol–water partition coefficient (Wildman–Crippen LogP) is 17.4. The number of rotatable bonds is 47. The molecule has 62 heavy (non-hydrogen) atoms. The number of nitrogens with one attached hydrogen (secondary N) is 1. The molecule has 0 heterocycles. The van der Waals surface area contributed by atoms with Gasteiger partial charge in [-0.1, -0.05) is 252 Å². The van der Waals surface area contributed by atoms with E-state index in [0.29, 0.717) is 6.42 Å². The van der Waals surface area contributed by atoms with E-state index in [4.69, 9.17) is 0 Å². The Morgan fingerprint density at radius 1 is 0.403 bits per heavy atom. The number of carbonyl (C=O) groups is 1. The summed E-state index contributed by atoms with van der Waals surface area (Å²) in [5.41, 5.74) is 0. The average Bonchev–Trinajstić information content (AvgIpc) is 3.28. The van der Waals surface area contributed by atoms with Crippen LogP contribution in [0.4, 0.5) is 0 Å². The van der Waals surface area contributed by atoms with Crippen LogP contribution < -0.4 is 5.32 Å². The lowest BCUT2D eigenvalue weighted by Crippen LogP contribution is -2.45. The van der Waals surface area contributed by atoms with Crippen molar-refractivity contribution in [3.8, 4) is 0 Å². The molecule has 0 rings (SSSR count). The molecule has 0 aliphatic carbocycles. The summed E-state index contributed by atoms with van der Waals surface area (Å²) in [5, 5.41) is 23.0. The van der Waals surface area contributed by atoms with Gasteiger partial charge in [0.15, 0.2) is 0 Å². The normalized spacial score (nSPS) is 13.7. The van der Waals surface area contributed by atoms with Gasteiger partial charge in [-0.3, -0.25) is 4.79 Å². The molecule has 1 amide bonds. The first-order chi connectivity index (χ1) is 30.7. The SMILES string of the molecule is CC/C=C\C/C=C\C/C=C\C/C=C\C/C=C\CCCC(=O)NC(CO)C(O)/C=C/CC/C=C/CC/C=C/CCCCCCCCCCCCCCCCCCCCCCCCC. The van der Waals surface area contributed by atoms with Gasteiger partial charge in [0.2, 0.25) is 5.91 Å². The third kappa shape index (κ3) is 48.3. The Morgan fingerprint density at radius 2 is 0.726 bits per heavy atom. The molecule has 0 spiro atoms. The fraction of sp³-hybridized carbons (Fsp3) is 0.707. The van der Waals surface area contributed by atoms with E-state index < -0.39 is 12.1 Å². The number of hydrogen-bond donors (Lipinski definition) is 3. The Kier molecular flexibility index (Phi) is 50.4. The third-order valence-corrected chi connectivity index (χ3v) is 11.5. The minimum atomic E-state index is -0.900. The van der Waals surface area contributed by atoms with Gasteiger partial charge in [-0.15, -0.1) is 0 Å². The number of carbonyl (C=O) groups excluding carboxylic acids is 1. The standard InChI is InChI=1S/C58H101NO3/c1-3-5-7-9-11-13-15-17-19-21-22-23-24-25-26-27-28-29-30-31-32-33-34-35-36-38-39-41-43-45-47-49-51-53-57(61)56(55-60)59-58(62)54-52-50-48-46-44-42-40-37-20-18-16-14-12-10-8-6-4-2/h6,8,12,14,18,20,36,38,40,42-43,45-46,48,51,53,56-57,60-61H,3-5,7,9-11,13,15-17,19,21-35,37,39,41,44,47,49-50,52,54-55H2,1-2H3,(H,59,62)/b8-6-,14-12-,20-18-,38-36+,42-40-,45-43+,48-46-,53-51+. The summed E-state index contributed by atoms with van der Waals surface area (Å²) in [4.78, 5) is 12.4. The Hall–Kier alpha value is -2.69. The van der Waals surface area contributed by atoms with E-state index in [1.165, 1.54) is 154 Å². The Bertz CT molecular complexity index is 1160. The van der Waals surface area contributed by atoms with E-state index in [9.17, 15) is 15.0 Å². The summed E-state index contributed by atoms with van der Waals surface area (Å²) in [6, 6.07) is -0.682. The molecule has 0 fully saturated rings. The molecular weight excluding hydrogens is 759 g/mol. The first-order valence-corrected chi connectivity index (χ1v) is 26.5. The summed E-state index contributed by atoms with van der Waals surface area (Å²) < 4.78 is 0. The molecule has 2 atom stereocenters. The molecule has 0 aromatic carbocycles. The van der Waals surface area contributed by atoms with Crippen LogP contribution in [0.5, 0.6) is 0 Å². The Morgan fingerprint density at radius 3 is 1.13 bits per heavy atom. The van der Waals surface area contributed by atoms with Gasteiger partial charge in [-0.25, -0.2) is 0 Å². The average molecular weight is 860 g/mol. The Labute approximate surface area is 385 Å². The third-order valence-electron chi connectivity index (χ3n) is 11.5. The maximum absolute atomic E-state index is 12.4. The molecule has 0 aromatic rings. The van der Waals surface area contributed by atoms with Crippen molar-refractivity contribution in [1.29, 1.82) is 0 Å². The topological polar surface area (TPSA) is 69.6 Å². The van der Waals surface area contributed by atoms with Gasteiger partial charge in [-0.05, 0) is 83.5 Å². The fourth-order valence-electron chi connectivity index (χ4n) is 7.54. The molecule has 0 saturated heterocycles. The highest BCUT2D eigenvalue weighted by atomic mass is 16.3. The van der Waals surface area contributed by atoms with Crippen molar-refractivity contribution in [3.63, 3.8) is 0 Å². The van der Waals surface area contributed by atoms with Gasteiger partial charge < -0.3 is 15.5 Å². The van der Waals surface area contributed by atoms with Crippen molar-refractivity contribution in [1.82, 2.24) is 5.32 Å². The number of unbranched alkanes of at least 4 members (excludes halogenated alkanes) is 26. The first kappa shape index (κ1) is 59.3. The van der Waals surface area contributed by atoms with Crippen LogP contribution in [0.1, 0.15) is 245 Å². The summed E-state index contributed by atoms with van der Waals surface area (Å²) >= 11 is 0. The second kappa shape index (κ2) is 52.7. The predicted molar refractivity (Wildman–Crippen MR) is 276 cm³/mol. The van der Waals surface area contributed by atoms with Crippen LogP contribution in [0.25, 0.3) is 0 Å². The zero-order valence-corrected chi connectivity index (χ0v) is 40.9. The van der Waals surface area contributed by atoms with Gasteiger partial charge in [0.05, 0.1) is 18.8 Å². The van der Waals surface area contributed by atoms with E-state index >= 15 is 0 Å². The lowest BCUT2D eigenvalue weighted by atomic mass is 10.0. The van der Waals surface area contributed by atoms with Gasteiger partial charge in [0.25, 0.3) is 0 Å². The fourth-order valence-corrected chi connectivity index (χ4v) is 7.54. The minimum Gasteiger partial charge on any atom is -0.394 e. The quantitative estimate of drug-likeness (QED) is 0.0422. The van der Waals surface area contributed by atoms with E-state index in [2.05, 4.69) is 104 Å². The summed E-state index contributed by atoms with van der Waals surface area (Å²) in [5.74, 6) is -0.137. The number of amides is 1. The molecule has 4 nitrogen and oxygen atoms in total.